The summed E-state index contributed by atoms with van der Waals surface area (Å²) in [5.74, 6) is 2.86. The van der Waals surface area contributed by atoms with Crippen molar-refractivity contribution in [1.29, 1.82) is 0 Å². The number of hydrogen-bond donors (Lipinski definition) is 0. The monoisotopic (exact) mass is 335 g/mol. The normalized spacial score (nSPS) is 19.4. The van der Waals surface area contributed by atoms with Crippen LogP contribution in [0.15, 0.2) is 39.2 Å². The van der Waals surface area contributed by atoms with E-state index in [1.807, 2.05) is 31.2 Å². The van der Waals surface area contributed by atoms with E-state index in [-0.39, 0.29) is 6.10 Å². The van der Waals surface area contributed by atoms with Crippen molar-refractivity contribution in [2.75, 3.05) is 13.6 Å². The molecular formula is C16H18BrNO2. The lowest BCUT2D eigenvalue weighted by Crippen LogP contribution is -2.18. The van der Waals surface area contributed by atoms with Gasteiger partial charge in [-0.05, 0) is 48.1 Å². The molecular weight excluding hydrogens is 318 g/mol. The van der Waals surface area contributed by atoms with E-state index in [1.54, 1.807) is 0 Å². The molecule has 0 saturated heterocycles. The van der Waals surface area contributed by atoms with E-state index in [0.717, 1.165) is 41.3 Å². The summed E-state index contributed by atoms with van der Waals surface area (Å²) in [7, 11) is 2.11. The van der Waals surface area contributed by atoms with E-state index in [4.69, 9.17) is 9.15 Å². The molecule has 4 heteroatoms. The molecule has 2 heterocycles. The molecule has 0 amide bonds. The third-order valence-electron chi connectivity index (χ3n) is 3.60. The maximum absolute atomic E-state index is 6.22. The largest absolute Gasteiger partial charge is 0.484 e. The number of nitrogens with zero attached hydrogens (tertiary/aromatic N) is 1. The van der Waals surface area contributed by atoms with Crippen molar-refractivity contribution in [3.8, 4) is 5.75 Å². The molecule has 1 aliphatic heterocycles. The Morgan fingerprint density at radius 1 is 1.35 bits per heavy atom. The Bertz CT molecular complexity index is 608. The lowest BCUT2D eigenvalue weighted by atomic mass is 10.1. The quantitative estimate of drug-likeness (QED) is 0.817. The van der Waals surface area contributed by atoms with Crippen LogP contribution in [0.25, 0.3) is 0 Å². The molecule has 1 atom stereocenters. The van der Waals surface area contributed by atoms with Gasteiger partial charge in [-0.1, -0.05) is 12.1 Å². The fourth-order valence-corrected chi connectivity index (χ4v) is 2.99. The highest BCUT2D eigenvalue weighted by Crippen LogP contribution is 2.35. The second kappa shape index (κ2) is 5.62. The number of rotatable bonds is 2. The van der Waals surface area contributed by atoms with Crippen LogP contribution in [-0.4, -0.2) is 18.5 Å². The van der Waals surface area contributed by atoms with Gasteiger partial charge in [0.25, 0.3) is 0 Å². The summed E-state index contributed by atoms with van der Waals surface area (Å²) in [5, 5.41) is 0. The first-order chi connectivity index (χ1) is 9.63. The zero-order valence-electron chi connectivity index (χ0n) is 11.7. The average Bonchev–Trinajstić information content (AvgIpc) is 2.70. The lowest BCUT2D eigenvalue weighted by Gasteiger charge is -2.18. The van der Waals surface area contributed by atoms with Crippen LogP contribution in [0.2, 0.25) is 0 Å². The number of ether oxygens (including phenoxy) is 1. The molecule has 106 valence electrons. The molecule has 3 nitrogen and oxygen atoms in total. The van der Waals surface area contributed by atoms with Gasteiger partial charge >= 0.3 is 0 Å². The van der Waals surface area contributed by atoms with E-state index in [9.17, 15) is 0 Å². The van der Waals surface area contributed by atoms with Gasteiger partial charge in [0.05, 0.1) is 11.0 Å². The van der Waals surface area contributed by atoms with Crippen LogP contribution in [0, 0.1) is 6.92 Å². The van der Waals surface area contributed by atoms with E-state index >= 15 is 0 Å². The van der Waals surface area contributed by atoms with Crippen LogP contribution in [0.3, 0.4) is 0 Å². The summed E-state index contributed by atoms with van der Waals surface area (Å²) in [5.41, 5.74) is 1.18. The highest BCUT2D eigenvalue weighted by molar-refractivity contribution is 9.10. The van der Waals surface area contributed by atoms with Gasteiger partial charge in [0, 0.05) is 18.5 Å². The van der Waals surface area contributed by atoms with Crippen LogP contribution >= 0.6 is 15.9 Å². The molecule has 1 aliphatic rings. The van der Waals surface area contributed by atoms with Crippen LogP contribution in [0.4, 0.5) is 0 Å². The Labute approximate surface area is 127 Å². The second-order valence-corrected chi connectivity index (χ2v) is 6.15. The fourth-order valence-electron chi connectivity index (χ4n) is 2.61. The van der Waals surface area contributed by atoms with Gasteiger partial charge in [0.2, 0.25) is 0 Å². The third kappa shape index (κ3) is 2.76. The molecule has 0 aliphatic carbocycles. The zero-order chi connectivity index (χ0) is 14.1. The summed E-state index contributed by atoms with van der Waals surface area (Å²) in [6, 6.07) is 10.1. The Kier molecular flexibility index (Phi) is 3.85. The van der Waals surface area contributed by atoms with Gasteiger partial charge in [-0.25, -0.2) is 0 Å². The first kappa shape index (κ1) is 13.7. The van der Waals surface area contributed by atoms with E-state index in [0.29, 0.717) is 0 Å². The van der Waals surface area contributed by atoms with Crippen molar-refractivity contribution in [2.24, 2.45) is 0 Å². The minimum atomic E-state index is 0.0473. The molecule has 0 spiro atoms. The molecule has 1 aromatic heterocycles. The Morgan fingerprint density at radius 2 is 2.15 bits per heavy atom. The average molecular weight is 336 g/mol. The summed E-state index contributed by atoms with van der Waals surface area (Å²) in [6.07, 6.45) is 1.01. The van der Waals surface area contributed by atoms with Crippen LogP contribution in [0.1, 0.15) is 29.6 Å². The molecule has 0 radical (unpaired) electrons. The highest BCUT2D eigenvalue weighted by atomic mass is 79.9. The van der Waals surface area contributed by atoms with Crippen molar-refractivity contribution in [1.82, 2.24) is 4.90 Å². The maximum Gasteiger partial charge on any atom is 0.134 e. The summed E-state index contributed by atoms with van der Waals surface area (Å²) < 4.78 is 13.0. The third-order valence-corrected chi connectivity index (χ3v) is 4.26. The molecule has 3 rings (SSSR count). The number of para-hydroxylation sites is 1. The van der Waals surface area contributed by atoms with Crippen molar-refractivity contribution in [2.45, 2.75) is 26.0 Å². The first-order valence-corrected chi connectivity index (χ1v) is 7.61. The van der Waals surface area contributed by atoms with Gasteiger partial charge < -0.3 is 9.15 Å². The van der Waals surface area contributed by atoms with Crippen molar-refractivity contribution in [3.05, 3.63) is 51.9 Å². The molecule has 1 unspecified atom stereocenters. The predicted molar refractivity (Wildman–Crippen MR) is 81.9 cm³/mol. The van der Waals surface area contributed by atoms with E-state index < -0.39 is 0 Å². The molecule has 0 fully saturated rings. The highest BCUT2D eigenvalue weighted by Gasteiger charge is 2.26. The SMILES string of the molecule is Cc1cc2c(o1)CN(C)CCC2Oc1ccccc1Br. The number of furan rings is 1. The van der Waals surface area contributed by atoms with Crippen molar-refractivity contribution in [3.63, 3.8) is 0 Å². The molecule has 0 saturated carbocycles. The van der Waals surface area contributed by atoms with Gasteiger partial charge in [-0.15, -0.1) is 0 Å². The molecule has 1 aromatic carbocycles. The Hall–Kier alpha value is -1.26. The summed E-state index contributed by atoms with van der Waals surface area (Å²) in [4.78, 5) is 2.27. The first-order valence-electron chi connectivity index (χ1n) is 6.82. The van der Waals surface area contributed by atoms with Crippen LogP contribution in [-0.2, 0) is 6.54 Å². The van der Waals surface area contributed by atoms with Crippen LogP contribution < -0.4 is 4.74 Å². The predicted octanol–water partition coefficient (Wildman–Crippen LogP) is 4.31. The fraction of sp³-hybridized carbons (Fsp3) is 0.375. The minimum Gasteiger partial charge on any atom is -0.484 e. The molecule has 0 bridgehead atoms. The number of halogens is 1. The molecule has 2 aromatic rings. The number of fused-ring (bicyclic) bond motifs is 1. The smallest absolute Gasteiger partial charge is 0.134 e. The van der Waals surface area contributed by atoms with Gasteiger partial charge in [0.15, 0.2) is 0 Å². The van der Waals surface area contributed by atoms with E-state index in [1.165, 1.54) is 5.56 Å². The Balaban J connectivity index is 1.91. The summed E-state index contributed by atoms with van der Waals surface area (Å²) >= 11 is 3.54. The van der Waals surface area contributed by atoms with Gasteiger partial charge in [-0.3, -0.25) is 4.90 Å². The molecule has 0 N–H and O–H groups in total. The number of aryl methyl sites for hydroxylation is 1. The van der Waals surface area contributed by atoms with Crippen LogP contribution in [0.5, 0.6) is 5.75 Å². The van der Waals surface area contributed by atoms with Gasteiger partial charge in [0.1, 0.15) is 23.4 Å². The zero-order valence-corrected chi connectivity index (χ0v) is 13.3. The lowest BCUT2D eigenvalue weighted by molar-refractivity contribution is 0.181. The maximum atomic E-state index is 6.22. The van der Waals surface area contributed by atoms with E-state index in [2.05, 4.69) is 33.9 Å². The number of hydrogen-bond acceptors (Lipinski definition) is 3. The summed E-state index contributed by atoms with van der Waals surface area (Å²) in [6.45, 7) is 3.83. The minimum absolute atomic E-state index is 0.0473. The Morgan fingerprint density at radius 3 is 2.95 bits per heavy atom. The second-order valence-electron chi connectivity index (χ2n) is 5.30. The number of benzene rings is 1. The van der Waals surface area contributed by atoms with Crippen molar-refractivity contribution >= 4 is 15.9 Å². The van der Waals surface area contributed by atoms with Gasteiger partial charge in [-0.2, -0.15) is 0 Å². The molecule has 20 heavy (non-hydrogen) atoms. The standard InChI is InChI=1S/C16H18BrNO2/c1-11-9-12-14(7-8-18(2)10-16(12)19-11)20-15-6-4-3-5-13(15)17/h3-6,9,14H,7-8,10H2,1-2H3. The topological polar surface area (TPSA) is 25.6 Å². The van der Waals surface area contributed by atoms with Crippen molar-refractivity contribution < 1.29 is 9.15 Å².